The molecule has 1 fully saturated rings. The van der Waals surface area contributed by atoms with Crippen LogP contribution in [0.5, 0.6) is 11.5 Å². The van der Waals surface area contributed by atoms with Gasteiger partial charge in [-0.15, -0.1) is 0 Å². The maximum atomic E-state index is 12.8. The molecule has 0 saturated carbocycles. The fraction of sp³-hybridized carbons (Fsp3) is 0.316. The van der Waals surface area contributed by atoms with Crippen LogP contribution in [0.1, 0.15) is 5.56 Å². The lowest BCUT2D eigenvalue weighted by Crippen LogP contribution is -2.47. The molecule has 0 unspecified atom stereocenters. The average molecular weight is 393 g/mol. The largest absolute Gasteiger partial charge is 0.454 e. The molecule has 142 valence electrons. The van der Waals surface area contributed by atoms with E-state index in [0.29, 0.717) is 28.6 Å². The van der Waals surface area contributed by atoms with Crippen LogP contribution in [0.25, 0.3) is 0 Å². The second-order valence-corrected chi connectivity index (χ2v) is 7.64. The molecule has 4 nitrogen and oxygen atoms in total. The first-order valence-corrected chi connectivity index (χ1v) is 9.40. The van der Waals surface area contributed by atoms with Gasteiger partial charge in [-0.1, -0.05) is 12.1 Å². The number of benzene rings is 2. The summed E-state index contributed by atoms with van der Waals surface area (Å²) in [6.07, 6.45) is 0. The smallest absolute Gasteiger partial charge is 0.446 e. The van der Waals surface area contributed by atoms with Gasteiger partial charge in [0.1, 0.15) is 17.3 Å². The minimum atomic E-state index is -4.34. The van der Waals surface area contributed by atoms with Gasteiger partial charge in [-0.05, 0) is 49.1 Å². The molecule has 4 rings (SSSR count). The van der Waals surface area contributed by atoms with E-state index in [1.165, 1.54) is 12.1 Å². The van der Waals surface area contributed by atoms with Gasteiger partial charge in [0.2, 0.25) is 0 Å². The van der Waals surface area contributed by atoms with E-state index in [0.717, 1.165) is 26.2 Å². The van der Waals surface area contributed by atoms with Gasteiger partial charge in [0.05, 0.1) is 5.56 Å². The Kier molecular flexibility index (Phi) is 4.77. The van der Waals surface area contributed by atoms with Crippen LogP contribution in [-0.4, -0.2) is 54.4 Å². The van der Waals surface area contributed by atoms with Crippen molar-refractivity contribution < 1.29 is 17.9 Å². The third kappa shape index (κ3) is 4.06. The third-order valence-corrected chi connectivity index (χ3v) is 5.26. The third-order valence-electron chi connectivity index (χ3n) is 4.54. The number of fused-ring (bicyclic) bond motifs is 2. The van der Waals surface area contributed by atoms with Crippen molar-refractivity contribution in [3.05, 3.63) is 48.0 Å². The van der Waals surface area contributed by atoms with Gasteiger partial charge in [0.25, 0.3) is 0 Å². The number of rotatable bonds is 1. The first kappa shape index (κ1) is 18.2. The van der Waals surface area contributed by atoms with Gasteiger partial charge in [0, 0.05) is 31.1 Å². The molecule has 0 radical (unpaired) electrons. The van der Waals surface area contributed by atoms with Crippen molar-refractivity contribution in [1.82, 2.24) is 9.80 Å². The van der Waals surface area contributed by atoms with E-state index in [1.54, 1.807) is 6.07 Å². The minimum absolute atomic E-state index is 0.123. The fourth-order valence-corrected chi connectivity index (χ4v) is 3.74. The van der Waals surface area contributed by atoms with E-state index in [4.69, 9.17) is 9.73 Å². The molecular weight excluding hydrogens is 375 g/mol. The maximum Gasteiger partial charge on any atom is 0.446 e. The van der Waals surface area contributed by atoms with Crippen LogP contribution in [-0.2, 0) is 0 Å². The van der Waals surface area contributed by atoms with E-state index in [2.05, 4.69) is 16.8 Å². The zero-order valence-corrected chi connectivity index (χ0v) is 15.5. The van der Waals surface area contributed by atoms with Crippen molar-refractivity contribution in [1.29, 1.82) is 0 Å². The second kappa shape index (κ2) is 7.09. The molecule has 0 N–H and O–H groups in total. The first-order valence-electron chi connectivity index (χ1n) is 8.58. The minimum Gasteiger partial charge on any atom is -0.454 e. The molecular formula is C19H18F3N3OS. The summed E-state index contributed by atoms with van der Waals surface area (Å²) in [5.41, 5.74) is -3.08. The number of hydrogen-bond acceptors (Lipinski definition) is 5. The number of halogens is 3. The Labute approximate surface area is 159 Å². The average Bonchev–Trinajstić information content (AvgIpc) is 2.78. The summed E-state index contributed by atoms with van der Waals surface area (Å²) in [6.45, 7) is 3.25. The molecule has 0 bridgehead atoms. The number of amidine groups is 1. The highest BCUT2D eigenvalue weighted by atomic mass is 32.2. The topological polar surface area (TPSA) is 28.1 Å². The number of alkyl halides is 3. The van der Waals surface area contributed by atoms with Crippen LogP contribution < -0.4 is 4.74 Å². The number of thioether (sulfide) groups is 1. The van der Waals surface area contributed by atoms with E-state index in [-0.39, 0.29) is 16.7 Å². The van der Waals surface area contributed by atoms with Crippen LogP contribution in [0.15, 0.2) is 52.4 Å². The number of nitrogens with zero attached hydrogens (tertiary/aromatic N) is 3. The van der Waals surface area contributed by atoms with E-state index in [1.807, 2.05) is 24.3 Å². The van der Waals surface area contributed by atoms with Gasteiger partial charge in [0.15, 0.2) is 5.75 Å². The second-order valence-electron chi connectivity index (χ2n) is 6.50. The lowest BCUT2D eigenvalue weighted by atomic mass is 10.1. The van der Waals surface area contributed by atoms with Crippen molar-refractivity contribution in [2.24, 2.45) is 4.99 Å². The number of likely N-dealkylation sites (N-methyl/N-ethyl adjacent to an activating group) is 1. The standard InChI is InChI=1S/C19H18F3N3OS/c1-24-8-10-25(11-9-24)18-14-12-13(27-19(20,21)22)6-7-16(14)26-17-5-3-2-4-15(17)23-18/h2-7,12H,8-11H2,1H3. The summed E-state index contributed by atoms with van der Waals surface area (Å²) < 4.78 is 44.5. The quantitative estimate of drug-likeness (QED) is 0.655. The summed E-state index contributed by atoms with van der Waals surface area (Å²) in [5, 5.41) is 0. The van der Waals surface area contributed by atoms with Crippen LogP contribution >= 0.6 is 11.8 Å². The molecule has 0 atom stereocenters. The summed E-state index contributed by atoms with van der Waals surface area (Å²) in [4.78, 5) is 9.23. The Morgan fingerprint density at radius 2 is 1.74 bits per heavy atom. The zero-order chi connectivity index (χ0) is 19.0. The molecule has 8 heteroatoms. The summed E-state index contributed by atoms with van der Waals surface area (Å²) in [5.74, 6) is 1.77. The highest BCUT2D eigenvalue weighted by Gasteiger charge is 2.31. The molecule has 0 aliphatic carbocycles. The van der Waals surface area contributed by atoms with Crippen molar-refractivity contribution in [2.45, 2.75) is 10.4 Å². The first-order chi connectivity index (χ1) is 12.9. The number of hydrogen-bond donors (Lipinski definition) is 0. The fourth-order valence-electron chi connectivity index (χ4n) is 3.16. The Morgan fingerprint density at radius 3 is 2.48 bits per heavy atom. The predicted molar refractivity (Wildman–Crippen MR) is 100 cm³/mol. The van der Waals surface area contributed by atoms with Crippen LogP contribution in [0.3, 0.4) is 0 Å². The molecule has 2 aliphatic rings. The van der Waals surface area contributed by atoms with Crippen molar-refractivity contribution >= 4 is 23.3 Å². The SMILES string of the molecule is CN1CCN(C2=Nc3ccccc3Oc3ccc(SC(F)(F)F)cc32)CC1. The summed E-state index contributed by atoms with van der Waals surface area (Å²) in [7, 11) is 2.05. The highest BCUT2D eigenvalue weighted by Crippen LogP contribution is 2.42. The number of ether oxygens (including phenoxy) is 1. The van der Waals surface area contributed by atoms with Crippen LogP contribution in [0.2, 0.25) is 0 Å². The molecule has 2 aliphatic heterocycles. The molecule has 0 aromatic heterocycles. The maximum absolute atomic E-state index is 12.8. The summed E-state index contributed by atoms with van der Waals surface area (Å²) in [6, 6.07) is 11.9. The lowest BCUT2D eigenvalue weighted by Gasteiger charge is -2.34. The van der Waals surface area contributed by atoms with E-state index < -0.39 is 5.51 Å². The van der Waals surface area contributed by atoms with Crippen LogP contribution in [0.4, 0.5) is 18.9 Å². The summed E-state index contributed by atoms with van der Waals surface area (Å²) >= 11 is -0.124. The molecule has 2 aromatic carbocycles. The van der Waals surface area contributed by atoms with Crippen molar-refractivity contribution in [3.8, 4) is 11.5 Å². The zero-order valence-electron chi connectivity index (χ0n) is 14.7. The Balaban J connectivity index is 1.79. The molecule has 2 heterocycles. The number of para-hydroxylation sites is 2. The molecule has 1 saturated heterocycles. The van der Waals surface area contributed by atoms with Crippen molar-refractivity contribution in [3.63, 3.8) is 0 Å². The molecule has 2 aromatic rings. The number of aliphatic imine (C=N–C) groups is 1. The van der Waals surface area contributed by atoms with Crippen molar-refractivity contribution in [2.75, 3.05) is 33.2 Å². The predicted octanol–water partition coefficient (Wildman–Crippen LogP) is 4.73. The highest BCUT2D eigenvalue weighted by molar-refractivity contribution is 8.00. The van der Waals surface area contributed by atoms with E-state index in [9.17, 15) is 13.2 Å². The Hall–Kier alpha value is -2.19. The van der Waals surface area contributed by atoms with Crippen LogP contribution in [0, 0.1) is 0 Å². The monoisotopic (exact) mass is 393 g/mol. The Morgan fingerprint density at radius 1 is 1.00 bits per heavy atom. The molecule has 0 amide bonds. The molecule has 27 heavy (non-hydrogen) atoms. The van der Waals surface area contributed by atoms with Gasteiger partial charge < -0.3 is 14.5 Å². The van der Waals surface area contributed by atoms with Gasteiger partial charge in [-0.3, -0.25) is 0 Å². The van der Waals surface area contributed by atoms with Gasteiger partial charge in [-0.25, -0.2) is 4.99 Å². The van der Waals surface area contributed by atoms with Gasteiger partial charge >= 0.3 is 5.51 Å². The molecule has 0 spiro atoms. The lowest BCUT2D eigenvalue weighted by molar-refractivity contribution is -0.0328. The van der Waals surface area contributed by atoms with Gasteiger partial charge in [-0.2, -0.15) is 13.2 Å². The normalized spacial score (nSPS) is 17.5. The Bertz CT molecular complexity index is 877. The van der Waals surface area contributed by atoms with E-state index >= 15 is 0 Å². The number of piperazine rings is 1.